The third kappa shape index (κ3) is 2.71. The van der Waals surface area contributed by atoms with Gasteiger partial charge in [-0.05, 0) is 19.1 Å². The van der Waals surface area contributed by atoms with Gasteiger partial charge in [0.2, 0.25) is 0 Å². The van der Waals surface area contributed by atoms with E-state index in [2.05, 4.69) is 4.99 Å². The van der Waals surface area contributed by atoms with Crippen LogP contribution in [0.1, 0.15) is 18.9 Å². The summed E-state index contributed by atoms with van der Waals surface area (Å²) in [5, 5.41) is 0.181. The van der Waals surface area contributed by atoms with E-state index in [-0.39, 0.29) is 29.2 Å². The van der Waals surface area contributed by atoms with Gasteiger partial charge in [-0.1, -0.05) is 6.07 Å². The lowest BCUT2D eigenvalue weighted by molar-refractivity contribution is -0.142. The number of ether oxygens (including phenoxy) is 1. The molecule has 0 aliphatic carbocycles. The highest BCUT2D eigenvalue weighted by atomic mass is 19.4. The summed E-state index contributed by atoms with van der Waals surface area (Å²) in [6, 6.07) is 2.81. The Kier molecular flexibility index (Phi) is 3.61. The van der Waals surface area contributed by atoms with Gasteiger partial charge in [0.05, 0.1) is 23.9 Å². The van der Waals surface area contributed by atoms with Gasteiger partial charge in [-0.2, -0.15) is 13.2 Å². The first-order valence-corrected chi connectivity index (χ1v) is 5.82. The number of hydrogen-bond acceptors (Lipinski definition) is 3. The normalized spacial score (nSPS) is 14.0. The predicted molar refractivity (Wildman–Crippen MR) is 61.9 cm³/mol. The molecule has 1 aliphatic rings. The van der Waals surface area contributed by atoms with Crippen molar-refractivity contribution >= 4 is 17.4 Å². The number of amides is 1. The first kappa shape index (κ1) is 14.2. The molecule has 0 atom stereocenters. The fraction of sp³-hybridized carbons (Fsp3) is 0.308. The van der Waals surface area contributed by atoms with Crippen LogP contribution in [0.15, 0.2) is 23.2 Å². The van der Waals surface area contributed by atoms with Gasteiger partial charge in [0.1, 0.15) is 0 Å². The average molecular weight is 285 g/mol. The van der Waals surface area contributed by atoms with Gasteiger partial charge >= 0.3 is 12.1 Å². The van der Waals surface area contributed by atoms with Crippen LogP contribution in [-0.2, 0) is 20.5 Å². The Morgan fingerprint density at radius 1 is 1.35 bits per heavy atom. The van der Waals surface area contributed by atoms with Crippen LogP contribution in [-0.4, -0.2) is 18.5 Å². The molecule has 0 unspecified atom stereocenters. The molecule has 0 saturated heterocycles. The van der Waals surface area contributed by atoms with E-state index in [1.165, 1.54) is 0 Å². The summed E-state index contributed by atoms with van der Waals surface area (Å²) in [4.78, 5) is 26.5. The van der Waals surface area contributed by atoms with Gasteiger partial charge in [-0.25, -0.2) is 4.99 Å². The largest absolute Gasteiger partial charge is 0.466 e. The van der Waals surface area contributed by atoms with E-state index in [4.69, 9.17) is 4.74 Å². The maximum atomic E-state index is 12.6. The lowest BCUT2D eigenvalue weighted by atomic mass is 10.1. The molecule has 1 amide bonds. The van der Waals surface area contributed by atoms with Crippen LogP contribution in [0.25, 0.3) is 5.57 Å². The molecule has 1 heterocycles. The van der Waals surface area contributed by atoms with Crippen LogP contribution in [0.5, 0.6) is 0 Å². The highest BCUT2D eigenvalue weighted by molar-refractivity contribution is 6.18. The summed E-state index contributed by atoms with van der Waals surface area (Å²) in [7, 11) is 0. The molecule has 0 spiro atoms. The number of nitrogens with zero attached hydrogens (tertiary/aromatic N) is 1. The summed E-state index contributed by atoms with van der Waals surface area (Å²) >= 11 is 0. The second kappa shape index (κ2) is 5.07. The first-order valence-electron chi connectivity index (χ1n) is 5.82. The van der Waals surface area contributed by atoms with E-state index in [0.29, 0.717) is 0 Å². The minimum atomic E-state index is -4.50. The Morgan fingerprint density at radius 3 is 2.65 bits per heavy atom. The highest BCUT2D eigenvalue weighted by Gasteiger charge is 2.31. The molecule has 4 nitrogen and oxygen atoms in total. The van der Waals surface area contributed by atoms with Crippen LogP contribution >= 0.6 is 0 Å². The summed E-state index contributed by atoms with van der Waals surface area (Å²) in [5.41, 5.74) is -0.822. The molecule has 0 bridgehead atoms. The van der Waals surface area contributed by atoms with Crippen molar-refractivity contribution in [2.45, 2.75) is 19.5 Å². The molecule has 20 heavy (non-hydrogen) atoms. The number of carbonyl (C=O) groups is 2. The van der Waals surface area contributed by atoms with Crippen molar-refractivity contribution in [1.82, 2.24) is 0 Å². The number of hydrogen-bond donors (Lipinski definition) is 0. The molecule has 106 valence electrons. The Morgan fingerprint density at radius 2 is 2.05 bits per heavy atom. The van der Waals surface area contributed by atoms with E-state index < -0.39 is 23.6 Å². The molecular weight excluding hydrogens is 275 g/mol. The zero-order valence-electron chi connectivity index (χ0n) is 10.5. The van der Waals surface area contributed by atoms with E-state index in [0.717, 1.165) is 18.2 Å². The van der Waals surface area contributed by atoms with E-state index in [9.17, 15) is 22.8 Å². The molecule has 0 aromatic heterocycles. The Hall–Kier alpha value is -2.18. The van der Waals surface area contributed by atoms with Crippen LogP contribution in [0.2, 0.25) is 0 Å². The monoisotopic (exact) mass is 285 g/mol. The third-order valence-electron chi connectivity index (χ3n) is 2.76. The highest BCUT2D eigenvalue weighted by Crippen LogP contribution is 2.27. The lowest BCUT2D eigenvalue weighted by Gasteiger charge is -2.05. The zero-order valence-corrected chi connectivity index (χ0v) is 10.5. The van der Waals surface area contributed by atoms with Crippen molar-refractivity contribution < 1.29 is 27.5 Å². The minimum Gasteiger partial charge on any atom is -0.466 e. The molecule has 0 fully saturated rings. The molecule has 0 N–H and O–H groups in total. The van der Waals surface area contributed by atoms with Crippen LogP contribution in [0.4, 0.5) is 13.2 Å². The zero-order chi connectivity index (χ0) is 14.9. The molecule has 0 saturated carbocycles. The summed E-state index contributed by atoms with van der Waals surface area (Å²) in [6.45, 7) is 1.78. The smallest absolute Gasteiger partial charge is 0.416 e. The van der Waals surface area contributed by atoms with E-state index >= 15 is 0 Å². The minimum absolute atomic E-state index is 0.0622. The molecule has 0 radical (unpaired) electrons. The van der Waals surface area contributed by atoms with Gasteiger partial charge in [-0.3, -0.25) is 9.59 Å². The summed E-state index contributed by atoms with van der Waals surface area (Å²) in [5.74, 6) is -1.31. The van der Waals surface area contributed by atoms with Gasteiger partial charge < -0.3 is 4.74 Å². The van der Waals surface area contributed by atoms with Crippen molar-refractivity contribution in [2.24, 2.45) is 4.99 Å². The maximum Gasteiger partial charge on any atom is 0.416 e. The lowest BCUT2D eigenvalue weighted by Crippen LogP contribution is -2.26. The quantitative estimate of drug-likeness (QED) is 0.778. The standard InChI is InChI=1S/C13H10F3NO3/c1-2-20-11(18)6-9-8-4-3-7(13(14,15)16)5-10(8)17-12(9)19/h3-5H,2,6H2,1H3. The fourth-order valence-corrected chi connectivity index (χ4v) is 1.87. The van der Waals surface area contributed by atoms with E-state index in [1.807, 2.05) is 0 Å². The molecule has 1 aromatic rings. The Labute approximate surface area is 111 Å². The number of fused-ring (bicyclic) bond motifs is 1. The molecular formula is C13H10F3NO3. The average Bonchev–Trinajstić information content (AvgIpc) is 2.64. The SMILES string of the molecule is CCOC(=O)CC1=c2ccc(C(F)(F)F)cc2=NC1=O. The number of halogens is 3. The number of esters is 1. The van der Waals surface area contributed by atoms with E-state index in [1.54, 1.807) is 6.92 Å². The van der Waals surface area contributed by atoms with Crippen molar-refractivity contribution in [2.75, 3.05) is 6.61 Å². The van der Waals surface area contributed by atoms with Gasteiger partial charge in [-0.15, -0.1) is 0 Å². The van der Waals surface area contributed by atoms with Crippen molar-refractivity contribution in [3.63, 3.8) is 0 Å². The van der Waals surface area contributed by atoms with Crippen LogP contribution in [0.3, 0.4) is 0 Å². The number of benzene rings is 1. The molecule has 2 rings (SSSR count). The van der Waals surface area contributed by atoms with Crippen molar-refractivity contribution in [3.8, 4) is 0 Å². The predicted octanol–water partition coefficient (Wildman–Crippen LogP) is 0.969. The Balaban J connectivity index is 2.46. The van der Waals surface area contributed by atoms with Crippen molar-refractivity contribution in [1.29, 1.82) is 0 Å². The number of alkyl halides is 3. The second-order valence-corrected chi connectivity index (χ2v) is 4.11. The number of rotatable bonds is 3. The topological polar surface area (TPSA) is 55.7 Å². The van der Waals surface area contributed by atoms with Crippen molar-refractivity contribution in [3.05, 3.63) is 34.3 Å². The molecule has 7 heteroatoms. The molecule has 1 aliphatic heterocycles. The third-order valence-corrected chi connectivity index (χ3v) is 2.76. The summed E-state index contributed by atoms with van der Waals surface area (Å²) < 4.78 is 42.4. The first-order chi connectivity index (χ1) is 9.32. The number of carbonyl (C=O) groups excluding carboxylic acids is 2. The molecule has 1 aromatic carbocycles. The van der Waals surface area contributed by atoms with Gasteiger partial charge in [0.25, 0.3) is 5.91 Å². The van der Waals surface area contributed by atoms with Gasteiger partial charge in [0, 0.05) is 10.8 Å². The fourth-order valence-electron chi connectivity index (χ4n) is 1.87. The van der Waals surface area contributed by atoms with Gasteiger partial charge in [0.15, 0.2) is 0 Å². The van der Waals surface area contributed by atoms with Crippen LogP contribution in [0, 0.1) is 0 Å². The Bertz CT molecular complexity index is 692. The van der Waals surface area contributed by atoms with Crippen LogP contribution < -0.4 is 10.6 Å². The maximum absolute atomic E-state index is 12.6. The second-order valence-electron chi connectivity index (χ2n) is 4.11. The summed E-state index contributed by atoms with van der Waals surface area (Å²) in [6.07, 6.45) is -4.80.